The van der Waals surface area contributed by atoms with Crippen LogP contribution in [0.5, 0.6) is 5.75 Å². The monoisotopic (exact) mass is 355 g/mol. The van der Waals surface area contributed by atoms with Crippen LogP contribution in [-0.4, -0.2) is 48.8 Å². The van der Waals surface area contributed by atoms with Gasteiger partial charge in [-0.15, -0.1) is 0 Å². The molecular formula is C21H29N3O2. The quantitative estimate of drug-likeness (QED) is 0.682. The van der Waals surface area contributed by atoms with Crippen molar-refractivity contribution in [1.82, 2.24) is 15.5 Å². The first-order valence-corrected chi connectivity index (χ1v) is 8.96. The molecule has 0 spiro atoms. The lowest BCUT2D eigenvalue weighted by Gasteiger charge is -2.25. The van der Waals surface area contributed by atoms with Gasteiger partial charge in [0.1, 0.15) is 5.75 Å². The minimum atomic E-state index is -0.147. The van der Waals surface area contributed by atoms with E-state index in [9.17, 15) is 9.90 Å². The molecule has 0 saturated heterocycles. The van der Waals surface area contributed by atoms with Gasteiger partial charge in [-0.3, -0.25) is 0 Å². The van der Waals surface area contributed by atoms with Crippen LogP contribution in [0.1, 0.15) is 18.1 Å². The molecule has 140 valence electrons. The number of nitrogens with zero attached hydrogens (tertiary/aromatic N) is 1. The number of nitrogens with one attached hydrogen (secondary N) is 2. The van der Waals surface area contributed by atoms with Gasteiger partial charge in [-0.05, 0) is 57.1 Å². The zero-order valence-electron chi connectivity index (χ0n) is 15.8. The molecule has 0 bridgehead atoms. The van der Waals surface area contributed by atoms with Crippen LogP contribution in [0.15, 0.2) is 54.6 Å². The van der Waals surface area contributed by atoms with Crippen molar-refractivity contribution in [2.75, 3.05) is 20.6 Å². The largest absolute Gasteiger partial charge is 0.508 e. The number of amides is 2. The molecule has 5 heteroatoms. The van der Waals surface area contributed by atoms with Crippen LogP contribution in [0.4, 0.5) is 4.79 Å². The van der Waals surface area contributed by atoms with Gasteiger partial charge in [0.2, 0.25) is 0 Å². The van der Waals surface area contributed by atoms with E-state index in [-0.39, 0.29) is 23.9 Å². The lowest BCUT2D eigenvalue weighted by Crippen LogP contribution is -2.47. The van der Waals surface area contributed by atoms with E-state index in [4.69, 9.17) is 0 Å². The number of phenolic OH excluding ortho intramolecular Hbond substituents is 1. The van der Waals surface area contributed by atoms with Crippen LogP contribution in [-0.2, 0) is 12.8 Å². The average Bonchev–Trinajstić information content (AvgIpc) is 2.60. The Kier molecular flexibility index (Phi) is 7.48. The summed E-state index contributed by atoms with van der Waals surface area (Å²) in [6, 6.07) is 17.4. The summed E-state index contributed by atoms with van der Waals surface area (Å²) in [5.41, 5.74) is 2.33. The van der Waals surface area contributed by atoms with Gasteiger partial charge in [0.15, 0.2) is 0 Å². The van der Waals surface area contributed by atoms with Crippen molar-refractivity contribution in [2.45, 2.75) is 31.8 Å². The average molecular weight is 355 g/mol. The third-order valence-electron chi connectivity index (χ3n) is 4.40. The molecule has 0 radical (unpaired) electrons. The lowest BCUT2D eigenvalue weighted by molar-refractivity contribution is 0.229. The van der Waals surface area contributed by atoms with E-state index in [1.165, 1.54) is 5.56 Å². The Hall–Kier alpha value is -2.53. The van der Waals surface area contributed by atoms with Crippen molar-refractivity contribution in [3.63, 3.8) is 0 Å². The summed E-state index contributed by atoms with van der Waals surface area (Å²) in [6.45, 7) is 2.56. The van der Waals surface area contributed by atoms with Gasteiger partial charge in [-0.2, -0.15) is 0 Å². The maximum atomic E-state index is 12.2. The standard InChI is InChI=1S/C21H29N3O2/c1-16(13-17-7-5-4-6-8-17)23-21(26)22-15-19(24(2)3)14-18-9-11-20(25)12-10-18/h4-12,16,19,25H,13-15H2,1-3H3,(H2,22,23,26)/t16-,19-/m0/s1. The molecule has 3 N–H and O–H groups in total. The molecule has 0 aliphatic rings. The summed E-state index contributed by atoms with van der Waals surface area (Å²) >= 11 is 0. The zero-order valence-corrected chi connectivity index (χ0v) is 15.8. The Morgan fingerprint density at radius 3 is 2.23 bits per heavy atom. The van der Waals surface area contributed by atoms with Gasteiger partial charge in [-0.1, -0.05) is 42.5 Å². The number of carbonyl (C=O) groups excluding carboxylic acids is 1. The van der Waals surface area contributed by atoms with Crippen molar-refractivity contribution >= 4 is 6.03 Å². The molecule has 0 aliphatic carbocycles. The summed E-state index contributed by atoms with van der Waals surface area (Å²) < 4.78 is 0. The maximum Gasteiger partial charge on any atom is 0.315 e. The summed E-state index contributed by atoms with van der Waals surface area (Å²) in [6.07, 6.45) is 1.60. The van der Waals surface area contributed by atoms with Crippen LogP contribution in [0.3, 0.4) is 0 Å². The van der Waals surface area contributed by atoms with Crippen molar-refractivity contribution in [3.05, 3.63) is 65.7 Å². The van der Waals surface area contributed by atoms with Gasteiger partial charge in [-0.25, -0.2) is 4.79 Å². The fourth-order valence-electron chi connectivity index (χ4n) is 2.85. The third kappa shape index (κ3) is 6.76. The number of aromatic hydroxyl groups is 1. The minimum absolute atomic E-state index is 0.0623. The number of benzene rings is 2. The number of hydrogen-bond acceptors (Lipinski definition) is 3. The summed E-state index contributed by atoms with van der Waals surface area (Å²) in [5, 5.41) is 15.4. The van der Waals surface area contributed by atoms with Gasteiger partial charge in [0.25, 0.3) is 0 Å². The number of carbonyl (C=O) groups is 1. The first-order chi connectivity index (χ1) is 12.4. The Labute approximate surface area is 156 Å². The van der Waals surface area contributed by atoms with E-state index in [2.05, 4.69) is 27.7 Å². The first kappa shape index (κ1) is 19.8. The molecule has 5 nitrogen and oxygen atoms in total. The smallest absolute Gasteiger partial charge is 0.315 e. The highest BCUT2D eigenvalue weighted by Crippen LogP contribution is 2.12. The van der Waals surface area contributed by atoms with Crippen molar-refractivity contribution in [2.24, 2.45) is 0 Å². The molecule has 0 aromatic heterocycles. The Morgan fingerprint density at radius 2 is 1.62 bits per heavy atom. The number of rotatable bonds is 8. The van der Waals surface area contributed by atoms with E-state index < -0.39 is 0 Å². The van der Waals surface area contributed by atoms with Crippen LogP contribution in [0.2, 0.25) is 0 Å². The second kappa shape index (κ2) is 9.82. The van der Waals surface area contributed by atoms with E-state index in [1.807, 2.05) is 51.4 Å². The molecule has 0 aliphatic heterocycles. The summed E-state index contributed by atoms with van der Waals surface area (Å²) in [5.74, 6) is 0.264. The SMILES string of the molecule is C[C@@H](Cc1ccccc1)NC(=O)NC[C@H](Cc1ccc(O)cc1)N(C)C. The Balaban J connectivity index is 1.80. The Morgan fingerprint density at radius 1 is 1.00 bits per heavy atom. The second-order valence-electron chi connectivity index (χ2n) is 6.93. The molecule has 2 aromatic carbocycles. The summed E-state index contributed by atoms with van der Waals surface area (Å²) in [7, 11) is 4.01. The molecule has 0 heterocycles. The van der Waals surface area contributed by atoms with Crippen LogP contribution in [0, 0.1) is 0 Å². The molecule has 0 saturated carbocycles. The van der Waals surface area contributed by atoms with E-state index in [0.29, 0.717) is 6.54 Å². The second-order valence-corrected chi connectivity index (χ2v) is 6.93. The fourth-order valence-corrected chi connectivity index (χ4v) is 2.85. The molecule has 2 amide bonds. The maximum absolute atomic E-state index is 12.2. The normalized spacial score (nSPS) is 13.2. The highest BCUT2D eigenvalue weighted by Gasteiger charge is 2.15. The molecule has 0 unspecified atom stereocenters. The van der Waals surface area contributed by atoms with Crippen LogP contribution >= 0.6 is 0 Å². The topological polar surface area (TPSA) is 64.6 Å². The first-order valence-electron chi connectivity index (χ1n) is 8.96. The number of hydrogen-bond donors (Lipinski definition) is 3. The predicted molar refractivity (Wildman–Crippen MR) is 105 cm³/mol. The van der Waals surface area contributed by atoms with E-state index in [1.54, 1.807) is 12.1 Å². The highest BCUT2D eigenvalue weighted by atomic mass is 16.3. The highest BCUT2D eigenvalue weighted by molar-refractivity contribution is 5.74. The molecule has 0 fully saturated rings. The molecule has 2 atom stereocenters. The number of phenols is 1. The van der Waals surface area contributed by atoms with E-state index in [0.717, 1.165) is 18.4 Å². The summed E-state index contributed by atoms with van der Waals surface area (Å²) in [4.78, 5) is 14.3. The van der Waals surface area contributed by atoms with E-state index >= 15 is 0 Å². The molecule has 2 rings (SSSR count). The fraction of sp³-hybridized carbons (Fsp3) is 0.381. The van der Waals surface area contributed by atoms with Crippen molar-refractivity contribution < 1.29 is 9.90 Å². The van der Waals surface area contributed by atoms with Gasteiger partial charge < -0.3 is 20.6 Å². The third-order valence-corrected chi connectivity index (χ3v) is 4.40. The molecule has 2 aromatic rings. The van der Waals surface area contributed by atoms with Crippen LogP contribution < -0.4 is 10.6 Å². The van der Waals surface area contributed by atoms with Gasteiger partial charge in [0, 0.05) is 18.6 Å². The van der Waals surface area contributed by atoms with Gasteiger partial charge in [0.05, 0.1) is 0 Å². The molecular weight excluding hydrogens is 326 g/mol. The van der Waals surface area contributed by atoms with Crippen molar-refractivity contribution in [3.8, 4) is 5.75 Å². The lowest BCUT2D eigenvalue weighted by atomic mass is 10.0. The van der Waals surface area contributed by atoms with Crippen molar-refractivity contribution in [1.29, 1.82) is 0 Å². The number of likely N-dealkylation sites (N-methyl/N-ethyl adjacent to an activating group) is 1. The molecule has 26 heavy (non-hydrogen) atoms. The number of urea groups is 1. The Bertz CT molecular complexity index is 671. The zero-order chi connectivity index (χ0) is 18.9. The van der Waals surface area contributed by atoms with Gasteiger partial charge >= 0.3 is 6.03 Å². The predicted octanol–water partition coefficient (Wildman–Crippen LogP) is 2.80. The minimum Gasteiger partial charge on any atom is -0.508 e. The van der Waals surface area contributed by atoms with Crippen LogP contribution in [0.25, 0.3) is 0 Å².